The summed E-state index contributed by atoms with van der Waals surface area (Å²) in [6.07, 6.45) is -0.706. The van der Waals surface area contributed by atoms with Crippen molar-refractivity contribution in [3.8, 4) is 0 Å². The highest BCUT2D eigenvalue weighted by Gasteiger charge is 2.14. The van der Waals surface area contributed by atoms with E-state index < -0.39 is 12.1 Å². The lowest BCUT2D eigenvalue weighted by atomic mass is 10.1. The van der Waals surface area contributed by atoms with E-state index in [9.17, 15) is 4.39 Å². The lowest BCUT2D eigenvalue weighted by Gasteiger charge is -2.14. The van der Waals surface area contributed by atoms with E-state index in [0.29, 0.717) is 11.1 Å². The average molecular weight is 200 g/mol. The summed E-state index contributed by atoms with van der Waals surface area (Å²) in [5.74, 6) is -0.440. The average Bonchev–Trinajstić information content (AvgIpc) is 2.22. The predicted octanol–water partition coefficient (Wildman–Crippen LogP) is 1.61. The van der Waals surface area contributed by atoms with E-state index in [0.717, 1.165) is 0 Å². The van der Waals surface area contributed by atoms with Crippen LogP contribution in [0.2, 0.25) is 0 Å². The molecule has 1 aromatic carbocycles. The Balaban J connectivity index is 2.98. The smallest absolute Gasteiger partial charge is 0.185 e. The summed E-state index contributed by atoms with van der Waals surface area (Å²) in [5.41, 5.74) is 0.851. The van der Waals surface area contributed by atoms with Gasteiger partial charge in [-0.3, -0.25) is 0 Å². The molecule has 0 spiro atoms. The monoisotopic (exact) mass is 200 g/mol. The first-order valence-corrected chi connectivity index (χ1v) is 4.17. The normalized spacial score (nSPS) is 10.9. The van der Waals surface area contributed by atoms with Gasteiger partial charge in [0, 0.05) is 19.8 Å². The first kappa shape index (κ1) is 11.1. The maximum atomic E-state index is 13.4. The second-order valence-electron chi connectivity index (χ2n) is 2.82. The predicted molar refractivity (Wildman–Crippen MR) is 49.1 cm³/mol. The largest absolute Gasteiger partial charge is 0.392 e. The Hall–Kier alpha value is -0.970. The molecule has 4 heteroatoms. The molecule has 0 aliphatic carbocycles. The number of benzene rings is 1. The topological polar surface area (TPSA) is 38.7 Å². The van der Waals surface area contributed by atoms with Gasteiger partial charge in [-0.25, -0.2) is 4.39 Å². The van der Waals surface area contributed by atoms with Crippen LogP contribution in [0.3, 0.4) is 0 Å². The molecule has 0 saturated heterocycles. The molecule has 0 fully saturated rings. The molecule has 0 aliphatic heterocycles. The van der Waals surface area contributed by atoms with Crippen molar-refractivity contribution in [3.05, 3.63) is 35.1 Å². The van der Waals surface area contributed by atoms with Crippen molar-refractivity contribution in [2.75, 3.05) is 14.2 Å². The van der Waals surface area contributed by atoms with Crippen molar-refractivity contribution < 1.29 is 19.0 Å². The van der Waals surface area contributed by atoms with E-state index in [-0.39, 0.29) is 6.61 Å². The summed E-state index contributed by atoms with van der Waals surface area (Å²) >= 11 is 0. The first-order chi connectivity index (χ1) is 6.72. The molecule has 1 aromatic rings. The van der Waals surface area contributed by atoms with Crippen molar-refractivity contribution in [2.24, 2.45) is 0 Å². The third-order valence-corrected chi connectivity index (χ3v) is 1.93. The highest BCUT2D eigenvalue weighted by molar-refractivity contribution is 5.24. The Morgan fingerprint density at radius 3 is 2.43 bits per heavy atom. The Morgan fingerprint density at radius 1 is 1.36 bits per heavy atom. The van der Waals surface area contributed by atoms with Gasteiger partial charge in [0.25, 0.3) is 0 Å². The minimum Gasteiger partial charge on any atom is -0.392 e. The van der Waals surface area contributed by atoms with E-state index in [1.807, 2.05) is 0 Å². The molecule has 1 rings (SSSR count). The molecular formula is C10H13FO3. The first-order valence-electron chi connectivity index (χ1n) is 4.17. The van der Waals surface area contributed by atoms with Crippen LogP contribution in [0.25, 0.3) is 0 Å². The number of ether oxygens (including phenoxy) is 2. The SMILES string of the molecule is COC(OC)c1ccc(CO)cc1F. The summed E-state index contributed by atoms with van der Waals surface area (Å²) in [7, 11) is 2.88. The number of halogens is 1. The molecule has 0 aliphatic rings. The number of aliphatic hydroxyl groups is 1. The van der Waals surface area contributed by atoms with E-state index in [4.69, 9.17) is 14.6 Å². The Morgan fingerprint density at radius 2 is 2.00 bits per heavy atom. The summed E-state index contributed by atoms with van der Waals surface area (Å²) in [5, 5.41) is 8.78. The molecule has 1 N–H and O–H groups in total. The Bertz CT molecular complexity index is 297. The minimum atomic E-state index is -0.706. The maximum absolute atomic E-state index is 13.4. The molecular weight excluding hydrogens is 187 g/mol. The van der Waals surface area contributed by atoms with Crippen molar-refractivity contribution in [1.29, 1.82) is 0 Å². The fraction of sp³-hybridized carbons (Fsp3) is 0.400. The minimum absolute atomic E-state index is 0.179. The van der Waals surface area contributed by atoms with Gasteiger partial charge in [-0.15, -0.1) is 0 Å². The fourth-order valence-electron chi connectivity index (χ4n) is 1.21. The van der Waals surface area contributed by atoms with Gasteiger partial charge in [0.2, 0.25) is 0 Å². The van der Waals surface area contributed by atoms with Crippen molar-refractivity contribution in [1.82, 2.24) is 0 Å². The highest BCUT2D eigenvalue weighted by Crippen LogP contribution is 2.21. The van der Waals surface area contributed by atoms with Crippen LogP contribution in [0.5, 0.6) is 0 Å². The van der Waals surface area contributed by atoms with Gasteiger partial charge in [0.15, 0.2) is 6.29 Å². The number of hydrogen-bond acceptors (Lipinski definition) is 3. The molecule has 3 nitrogen and oxygen atoms in total. The van der Waals surface area contributed by atoms with E-state index in [2.05, 4.69) is 0 Å². The van der Waals surface area contributed by atoms with E-state index in [1.54, 1.807) is 12.1 Å². The lowest BCUT2D eigenvalue weighted by Crippen LogP contribution is -2.06. The quantitative estimate of drug-likeness (QED) is 0.750. The second kappa shape index (κ2) is 5.05. The molecule has 78 valence electrons. The Labute approximate surface area is 82.1 Å². The fourth-order valence-corrected chi connectivity index (χ4v) is 1.21. The third kappa shape index (κ3) is 2.29. The van der Waals surface area contributed by atoms with Crippen molar-refractivity contribution in [3.63, 3.8) is 0 Å². The molecule has 14 heavy (non-hydrogen) atoms. The van der Waals surface area contributed by atoms with Gasteiger partial charge in [0.05, 0.1) is 6.61 Å². The van der Waals surface area contributed by atoms with Gasteiger partial charge in [-0.05, 0) is 11.6 Å². The standard InChI is InChI=1S/C10H13FO3/c1-13-10(14-2)8-4-3-7(6-12)5-9(8)11/h3-5,10,12H,6H2,1-2H3. The summed E-state index contributed by atoms with van der Waals surface area (Å²) in [6.45, 7) is -0.179. The summed E-state index contributed by atoms with van der Waals surface area (Å²) < 4.78 is 23.2. The number of aliphatic hydroxyl groups excluding tert-OH is 1. The van der Waals surface area contributed by atoms with Crippen LogP contribution >= 0.6 is 0 Å². The highest BCUT2D eigenvalue weighted by atomic mass is 19.1. The zero-order valence-electron chi connectivity index (χ0n) is 8.16. The number of methoxy groups -OCH3 is 2. The van der Waals surface area contributed by atoms with E-state index >= 15 is 0 Å². The maximum Gasteiger partial charge on any atom is 0.185 e. The Kier molecular flexibility index (Phi) is 4.00. The zero-order chi connectivity index (χ0) is 10.6. The van der Waals surface area contributed by atoms with Crippen LogP contribution < -0.4 is 0 Å². The van der Waals surface area contributed by atoms with Gasteiger partial charge >= 0.3 is 0 Å². The van der Waals surface area contributed by atoms with Crippen molar-refractivity contribution >= 4 is 0 Å². The number of rotatable bonds is 4. The third-order valence-electron chi connectivity index (χ3n) is 1.93. The second-order valence-corrected chi connectivity index (χ2v) is 2.82. The molecule has 0 saturated carbocycles. The van der Waals surface area contributed by atoms with Gasteiger partial charge in [0.1, 0.15) is 5.82 Å². The summed E-state index contributed by atoms with van der Waals surface area (Å²) in [4.78, 5) is 0. The molecule has 0 atom stereocenters. The lowest BCUT2D eigenvalue weighted by molar-refractivity contribution is -0.107. The van der Waals surface area contributed by atoms with Gasteiger partial charge < -0.3 is 14.6 Å². The van der Waals surface area contributed by atoms with E-state index in [1.165, 1.54) is 20.3 Å². The van der Waals surface area contributed by atoms with Crippen LogP contribution in [0.1, 0.15) is 17.4 Å². The number of hydrogen-bond donors (Lipinski definition) is 1. The molecule has 0 unspecified atom stereocenters. The molecule has 0 bridgehead atoms. The van der Waals surface area contributed by atoms with Crippen LogP contribution in [0, 0.1) is 5.82 Å². The summed E-state index contributed by atoms with van der Waals surface area (Å²) in [6, 6.07) is 4.43. The van der Waals surface area contributed by atoms with Crippen LogP contribution in [0.4, 0.5) is 4.39 Å². The van der Waals surface area contributed by atoms with Crippen LogP contribution in [-0.4, -0.2) is 19.3 Å². The molecule has 0 heterocycles. The van der Waals surface area contributed by atoms with Crippen LogP contribution in [0.15, 0.2) is 18.2 Å². The van der Waals surface area contributed by atoms with Crippen molar-refractivity contribution in [2.45, 2.75) is 12.9 Å². The molecule has 0 radical (unpaired) electrons. The zero-order valence-corrected chi connectivity index (χ0v) is 8.16. The molecule has 0 aromatic heterocycles. The van der Waals surface area contributed by atoms with Crippen LogP contribution in [-0.2, 0) is 16.1 Å². The van der Waals surface area contributed by atoms with Gasteiger partial charge in [-0.2, -0.15) is 0 Å². The van der Waals surface area contributed by atoms with Gasteiger partial charge in [-0.1, -0.05) is 12.1 Å². The molecule has 0 amide bonds.